The number of carbonyl (C=O) groups is 2. The second kappa shape index (κ2) is 7.99. The third kappa shape index (κ3) is 4.24. The molecule has 1 aliphatic heterocycles. The minimum absolute atomic E-state index is 0.00801. The summed E-state index contributed by atoms with van der Waals surface area (Å²) in [6.07, 6.45) is 3.26. The molecule has 0 unspecified atom stereocenters. The average Bonchev–Trinajstić information content (AvgIpc) is 2.57. The van der Waals surface area contributed by atoms with Gasteiger partial charge in [-0.05, 0) is 37.8 Å². The number of nitrogens with zero attached hydrogens (tertiary/aromatic N) is 1. The number of rotatable bonds is 5. The highest BCUT2D eigenvalue weighted by Crippen LogP contribution is 2.19. The number of phenolic OH excluding ortho intramolecular Hbond substituents is 1. The standard InChI is InChI=1S/C18H26N2O3/c1-3-13(4-2)18(23)20-11-9-14(10-12-20)19-17(22)15-7-5-6-8-16(15)21/h5-8,13-14,21H,3-4,9-12H2,1-2H3,(H,19,22). The van der Waals surface area contributed by atoms with Gasteiger partial charge in [0.2, 0.25) is 5.91 Å². The van der Waals surface area contributed by atoms with E-state index in [9.17, 15) is 14.7 Å². The zero-order valence-electron chi connectivity index (χ0n) is 13.9. The van der Waals surface area contributed by atoms with Crippen LogP contribution in [0.3, 0.4) is 0 Å². The lowest BCUT2D eigenvalue weighted by molar-refractivity contribution is -0.136. The van der Waals surface area contributed by atoms with Crippen molar-refractivity contribution >= 4 is 11.8 Å². The Kier molecular flexibility index (Phi) is 6.02. The molecular weight excluding hydrogens is 292 g/mol. The molecule has 1 aromatic rings. The van der Waals surface area contributed by atoms with E-state index in [1.54, 1.807) is 18.2 Å². The third-order valence-corrected chi connectivity index (χ3v) is 4.63. The zero-order chi connectivity index (χ0) is 16.8. The number of hydrogen-bond acceptors (Lipinski definition) is 3. The van der Waals surface area contributed by atoms with Gasteiger partial charge < -0.3 is 15.3 Å². The van der Waals surface area contributed by atoms with E-state index in [0.717, 1.165) is 25.7 Å². The maximum atomic E-state index is 12.4. The topological polar surface area (TPSA) is 69.6 Å². The van der Waals surface area contributed by atoms with Crippen LogP contribution in [0.4, 0.5) is 0 Å². The number of amides is 2. The lowest BCUT2D eigenvalue weighted by Crippen LogP contribution is -2.48. The molecule has 2 rings (SSSR count). The van der Waals surface area contributed by atoms with Gasteiger partial charge in [-0.2, -0.15) is 0 Å². The van der Waals surface area contributed by atoms with Gasteiger partial charge in [0.15, 0.2) is 0 Å². The predicted octanol–water partition coefficient (Wildman–Crippen LogP) is 2.55. The number of para-hydroxylation sites is 1. The van der Waals surface area contributed by atoms with Crippen LogP contribution in [-0.2, 0) is 4.79 Å². The maximum Gasteiger partial charge on any atom is 0.255 e. The summed E-state index contributed by atoms with van der Waals surface area (Å²) in [6, 6.07) is 6.58. The Morgan fingerprint density at radius 2 is 1.83 bits per heavy atom. The van der Waals surface area contributed by atoms with E-state index >= 15 is 0 Å². The highest BCUT2D eigenvalue weighted by atomic mass is 16.3. The van der Waals surface area contributed by atoms with Crippen LogP contribution >= 0.6 is 0 Å². The summed E-state index contributed by atoms with van der Waals surface area (Å²) >= 11 is 0. The molecule has 1 aliphatic rings. The molecule has 0 aliphatic carbocycles. The van der Waals surface area contributed by atoms with Gasteiger partial charge in [0, 0.05) is 25.0 Å². The van der Waals surface area contributed by atoms with Crippen LogP contribution < -0.4 is 5.32 Å². The molecule has 5 heteroatoms. The average molecular weight is 318 g/mol. The van der Waals surface area contributed by atoms with E-state index < -0.39 is 0 Å². The van der Waals surface area contributed by atoms with Crippen LogP contribution in [0.25, 0.3) is 0 Å². The summed E-state index contributed by atoms with van der Waals surface area (Å²) in [7, 11) is 0. The van der Waals surface area contributed by atoms with Gasteiger partial charge >= 0.3 is 0 Å². The summed E-state index contributed by atoms with van der Waals surface area (Å²) < 4.78 is 0. The molecule has 1 heterocycles. The fourth-order valence-corrected chi connectivity index (χ4v) is 3.07. The summed E-state index contributed by atoms with van der Waals surface area (Å²) in [5.74, 6) is 0.0853. The molecular formula is C18H26N2O3. The normalized spacial score (nSPS) is 15.7. The minimum Gasteiger partial charge on any atom is -0.507 e. The first-order chi connectivity index (χ1) is 11.1. The van der Waals surface area contributed by atoms with E-state index in [0.29, 0.717) is 18.7 Å². The fourth-order valence-electron chi connectivity index (χ4n) is 3.07. The second-order valence-electron chi connectivity index (χ2n) is 6.10. The molecule has 0 saturated carbocycles. The summed E-state index contributed by atoms with van der Waals surface area (Å²) in [5.41, 5.74) is 0.294. The van der Waals surface area contributed by atoms with Gasteiger partial charge in [-0.1, -0.05) is 26.0 Å². The first-order valence-electron chi connectivity index (χ1n) is 8.44. The molecule has 0 spiro atoms. The van der Waals surface area contributed by atoms with Crippen molar-refractivity contribution in [1.29, 1.82) is 0 Å². The maximum absolute atomic E-state index is 12.4. The number of piperidine rings is 1. The molecule has 0 bridgehead atoms. The number of hydrogen-bond donors (Lipinski definition) is 2. The quantitative estimate of drug-likeness (QED) is 0.876. The van der Waals surface area contributed by atoms with Crippen molar-refractivity contribution in [2.75, 3.05) is 13.1 Å². The molecule has 5 nitrogen and oxygen atoms in total. The Labute approximate surface area is 137 Å². The van der Waals surface area contributed by atoms with Gasteiger partial charge in [-0.15, -0.1) is 0 Å². The van der Waals surface area contributed by atoms with Gasteiger partial charge in [-0.3, -0.25) is 9.59 Å². The number of benzene rings is 1. The highest BCUT2D eigenvalue weighted by molar-refractivity contribution is 5.96. The summed E-state index contributed by atoms with van der Waals surface area (Å²) in [6.45, 7) is 5.46. The number of aromatic hydroxyl groups is 1. The monoisotopic (exact) mass is 318 g/mol. The molecule has 1 saturated heterocycles. The molecule has 0 radical (unpaired) electrons. The van der Waals surface area contributed by atoms with Crippen LogP contribution in [0.15, 0.2) is 24.3 Å². The number of phenols is 1. The minimum atomic E-state index is -0.257. The third-order valence-electron chi connectivity index (χ3n) is 4.63. The first-order valence-corrected chi connectivity index (χ1v) is 8.44. The van der Waals surface area contributed by atoms with Crippen molar-refractivity contribution in [2.45, 2.75) is 45.6 Å². The highest BCUT2D eigenvalue weighted by Gasteiger charge is 2.27. The van der Waals surface area contributed by atoms with Crippen molar-refractivity contribution in [1.82, 2.24) is 10.2 Å². The van der Waals surface area contributed by atoms with Crippen LogP contribution in [-0.4, -0.2) is 41.0 Å². The van der Waals surface area contributed by atoms with Crippen molar-refractivity contribution < 1.29 is 14.7 Å². The van der Waals surface area contributed by atoms with E-state index in [1.807, 2.05) is 18.7 Å². The fraction of sp³-hybridized carbons (Fsp3) is 0.556. The molecule has 0 atom stereocenters. The van der Waals surface area contributed by atoms with Crippen molar-refractivity contribution in [3.05, 3.63) is 29.8 Å². The van der Waals surface area contributed by atoms with Gasteiger partial charge in [0.25, 0.3) is 5.91 Å². The molecule has 23 heavy (non-hydrogen) atoms. The van der Waals surface area contributed by atoms with E-state index in [-0.39, 0.29) is 29.5 Å². The number of nitrogens with one attached hydrogen (secondary N) is 1. The lowest BCUT2D eigenvalue weighted by atomic mass is 9.98. The Morgan fingerprint density at radius 1 is 1.22 bits per heavy atom. The molecule has 0 aromatic heterocycles. The van der Waals surface area contributed by atoms with Crippen LogP contribution in [0.1, 0.15) is 49.9 Å². The lowest BCUT2D eigenvalue weighted by Gasteiger charge is -2.34. The number of likely N-dealkylation sites (tertiary alicyclic amines) is 1. The predicted molar refractivity (Wildman–Crippen MR) is 89.2 cm³/mol. The number of carbonyl (C=O) groups excluding carboxylic acids is 2. The van der Waals surface area contributed by atoms with Crippen LogP contribution in [0.5, 0.6) is 5.75 Å². The van der Waals surface area contributed by atoms with E-state index in [4.69, 9.17) is 0 Å². The second-order valence-corrected chi connectivity index (χ2v) is 6.10. The van der Waals surface area contributed by atoms with Gasteiger partial charge in [-0.25, -0.2) is 0 Å². The molecule has 1 aromatic carbocycles. The molecule has 126 valence electrons. The van der Waals surface area contributed by atoms with Crippen molar-refractivity contribution in [3.63, 3.8) is 0 Å². The smallest absolute Gasteiger partial charge is 0.255 e. The van der Waals surface area contributed by atoms with Crippen LogP contribution in [0, 0.1) is 5.92 Å². The molecule has 2 N–H and O–H groups in total. The van der Waals surface area contributed by atoms with Crippen LogP contribution in [0.2, 0.25) is 0 Å². The summed E-state index contributed by atoms with van der Waals surface area (Å²) in [5, 5.41) is 12.7. The Bertz CT molecular complexity index is 547. The first kappa shape index (κ1) is 17.3. The van der Waals surface area contributed by atoms with E-state index in [1.165, 1.54) is 6.07 Å². The zero-order valence-corrected chi connectivity index (χ0v) is 13.9. The molecule has 2 amide bonds. The van der Waals surface area contributed by atoms with Crippen molar-refractivity contribution in [3.8, 4) is 5.75 Å². The van der Waals surface area contributed by atoms with Gasteiger partial charge in [0.05, 0.1) is 5.56 Å². The largest absolute Gasteiger partial charge is 0.507 e. The van der Waals surface area contributed by atoms with Crippen molar-refractivity contribution in [2.24, 2.45) is 5.92 Å². The Hall–Kier alpha value is -2.04. The SMILES string of the molecule is CCC(CC)C(=O)N1CCC(NC(=O)c2ccccc2O)CC1. The van der Waals surface area contributed by atoms with Gasteiger partial charge in [0.1, 0.15) is 5.75 Å². The molecule has 1 fully saturated rings. The Morgan fingerprint density at radius 3 is 2.39 bits per heavy atom. The Balaban J connectivity index is 1.86. The van der Waals surface area contributed by atoms with E-state index in [2.05, 4.69) is 5.32 Å². The summed E-state index contributed by atoms with van der Waals surface area (Å²) in [4.78, 5) is 26.5.